The number of nitrogens with one attached hydrogen (secondary N) is 2. The van der Waals surface area contributed by atoms with Crippen LogP contribution in [0.1, 0.15) is 40.3 Å². The maximum atomic E-state index is 12.7. The lowest BCUT2D eigenvalue weighted by atomic mass is 10.1. The highest BCUT2D eigenvalue weighted by molar-refractivity contribution is 7.99. The molecule has 3 N–H and O–H groups in total. The van der Waals surface area contributed by atoms with Crippen molar-refractivity contribution in [2.75, 3.05) is 24.8 Å². The fourth-order valence-electron chi connectivity index (χ4n) is 3.34. The van der Waals surface area contributed by atoms with Gasteiger partial charge in [0.05, 0.1) is 19.5 Å². The Bertz CT molecular complexity index is 1150. The predicted octanol–water partition coefficient (Wildman–Crippen LogP) is 3.12. The molecule has 0 radical (unpaired) electrons. The quantitative estimate of drug-likeness (QED) is 0.379. The van der Waals surface area contributed by atoms with E-state index in [1.54, 1.807) is 35.9 Å². The molecule has 10 heteroatoms. The fraction of sp³-hybridized carbons (Fsp3) is 0.333. The molecule has 1 atom stereocenters. The van der Waals surface area contributed by atoms with E-state index in [9.17, 15) is 14.7 Å². The Morgan fingerprint density at radius 1 is 1.15 bits per heavy atom. The summed E-state index contributed by atoms with van der Waals surface area (Å²) in [6.07, 6.45) is 0. The summed E-state index contributed by atoms with van der Waals surface area (Å²) in [6.45, 7) is 6.03. The summed E-state index contributed by atoms with van der Waals surface area (Å²) in [5.41, 5.74) is 3.34. The van der Waals surface area contributed by atoms with Crippen molar-refractivity contribution in [2.24, 2.45) is 0 Å². The van der Waals surface area contributed by atoms with Crippen LogP contribution in [-0.2, 0) is 11.3 Å². The monoisotopic (exact) mass is 483 g/mol. The van der Waals surface area contributed by atoms with Gasteiger partial charge in [-0.15, -0.1) is 10.2 Å². The first kappa shape index (κ1) is 25.3. The first-order valence-corrected chi connectivity index (χ1v) is 11.8. The van der Waals surface area contributed by atoms with E-state index in [-0.39, 0.29) is 24.2 Å². The summed E-state index contributed by atoms with van der Waals surface area (Å²) in [6, 6.07) is 11.7. The number of ether oxygens (including phenoxy) is 1. The third-order valence-corrected chi connectivity index (χ3v) is 6.39. The number of carbonyl (C=O) groups is 2. The lowest BCUT2D eigenvalue weighted by Crippen LogP contribution is -2.32. The zero-order valence-corrected chi connectivity index (χ0v) is 20.5. The second-order valence-electron chi connectivity index (χ2n) is 7.61. The number of benzene rings is 2. The molecule has 0 fully saturated rings. The van der Waals surface area contributed by atoms with Gasteiger partial charge >= 0.3 is 0 Å². The van der Waals surface area contributed by atoms with Crippen LogP contribution >= 0.6 is 11.8 Å². The molecule has 1 aromatic heterocycles. The number of hydrogen-bond donors (Lipinski definition) is 3. The van der Waals surface area contributed by atoms with Gasteiger partial charge in [-0.3, -0.25) is 9.59 Å². The number of methoxy groups -OCH3 is 1. The molecule has 2 amide bonds. The highest BCUT2D eigenvalue weighted by Gasteiger charge is 2.23. The van der Waals surface area contributed by atoms with E-state index in [1.807, 2.05) is 39.0 Å². The van der Waals surface area contributed by atoms with Gasteiger partial charge in [0.2, 0.25) is 5.91 Å². The number of hydrogen-bond acceptors (Lipinski definition) is 7. The minimum absolute atomic E-state index is 0.146. The van der Waals surface area contributed by atoms with E-state index in [4.69, 9.17) is 4.74 Å². The Balaban J connectivity index is 1.67. The van der Waals surface area contributed by atoms with Gasteiger partial charge in [-0.05, 0) is 62.2 Å². The zero-order valence-electron chi connectivity index (χ0n) is 19.7. The Morgan fingerprint density at radius 2 is 1.88 bits per heavy atom. The number of amides is 2. The largest absolute Gasteiger partial charge is 0.497 e. The van der Waals surface area contributed by atoms with E-state index in [1.165, 1.54) is 11.8 Å². The smallest absolute Gasteiger partial charge is 0.251 e. The molecule has 0 aliphatic heterocycles. The Hall–Kier alpha value is -3.37. The van der Waals surface area contributed by atoms with Crippen molar-refractivity contribution in [1.82, 2.24) is 20.1 Å². The Kier molecular flexibility index (Phi) is 8.67. The molecule has 0 spiro atoms. The molecule has 3 aromatic rings. The van der Waals surface area contributed by atoms with Crippen LogP contribution < -0.4 is 15.4 Å². The number of aryl methyl sites for hydroxylation is 1. The molecular formula is C24H29N5O4S. The van der Waals surface area contributed by atoms with Crippen molar-refractivity contribution in [3.8, 4) is 5.75 Å². The van der Waals surface area contributed by atoms with Crippen LogP contribution in [0.4, 0.5) is 5.69 Å². The average molecular weight is 484 g/mol. The van der Waals surface area contributed by atoms with Crippen LogP contribution in [0.25, 0.3) is 0 Å². The molecule has 1 unspecified atom stereocenters. The third-order valence-electron chi connectivity index (χ3n) is 5.42. The Labute approximate surface area is 202 Å². The second kappa shape index (κ2) is 11.7. The number of aliphatic hydroxyl groups is 1. The van der Waals surface area contributed by atoms with E-state index >= 15 is 0 Å². The number of nitrogens with zero attached hydrogens (tertiary/aromatic N) is 3. The van der Waals surface area contributed by atoms with Gasteiger partial charge in [-0.2, -0.15) is 0 Å². The van der Waals surface area contributed by atoms with Crippen LogP contribution in [0.3, 0.4) is 0 Å². The molecule has 0 saturated carbocycles. The molecular weight excluding hydrogens is 454 g/mol. The first-order chi connectivity index (χ1) is 16.4. The van der Waals surface area contributed by atoms with Gasteiger partial charge in [0.15, 0.2) is 11.0 Å². The molecule has 2 aromatic carbocycles. The van der Waals surface area contributed by atoms with Crippen molar-refractivity contribution < 1.29 is 19.4 Å². The zero-order chi connectivity index (χ0) is 24.7. The van der Waals surface area contributed by atoms with Crippen molar-refractivity contribution in [2.45, 2.75) is 38.5 Å². The lowest BCUT2D eigenvalue weighted by Gasteiger charge is -2.17. The highest BCUT2D eigenvalue weighted by atomic mass is 32.2. The molecule has 34 heavy (non-hydrogen) atoms. The van der Waals surface area contributed by atoms with Crippen molar-refractivity contribution in [1.29, 1.82) is 0 Å². The van der Waals surface area contributed by atoms with E-state index in [2.05, 4.69) is 20.8 Å². The minimum Gasteiger partial charge on any atom is -0.497 e. The van der Waals surface area contributed by atoms with Crippen LogP contribution in [0.5, 0.6) is 5.75 Å². The maximum Gasteiger partial charge on any atom is 0.251 e. The van der Waals surface area contributed by atoms with Crippen LogP contribution in [0.15, 0.2) is 47.6 Å². The summed E-state index contributed by atoms with van der Waals surface area (Å²) in [4.78, 5) is 25.2. The normalized spacial score (nSPS) is 11.7. The molecule has 0 bridgehead atoms. The first-order valence-electron chi connectivity index (χ1n) is 10.9. The van der Waals surface area contributed by atoms with Crippen molar-refractivity contribution in [3.63, 3.8) is 0 Å². The third kappa shape index (κ3) is 5.95. The van der Waals surface area contributed by atoms with Crippen LogP contribution in [0, 0.1) is 13.8 Å². The number of thioether (sulfide) groups is 1. The molecule has 1 heterocycles. The minimum atomic E-state index is -0.750. The molecule has 9 nitrogen and oxygen atoms in total. The molecule has 0 saturated heterocycles. The van der Waals surface area contributed by atoms with Gasteiger partial charge in [0.25, 0.3) is 5.91 Å². The van der Waals surface area contributed by atoms with Crippen molar-refractivity contribution in [3.05, 3.63) is 65.0 Å². The summed E-state index contributed by atoms with van der Waals surface area (Å²) < 4.78 is 6.90. The standard InChI is InChI=1S/C24H29N5O4S/c1-5-29-22(20(13-30)26-23(32)17-9-11-18(33-4)12-10-17)27-28-24(29)34-14-21(31)25-19-8-6-7-15(2)16(19)3/h6-12,20,30H,5,13-14H2,1-4H3,(H,25,31)(H,26,32). The molecule has 0 aliphatic carbocycles. The number of anilines is 1. The van der Waals surface area contributed by atoms with E-state index < -0.39 is 6.04 Å². The second-order valence-corrected chi connectivity index (χ2v) is 8.55. The number of carbonyl (C=O) groups excluding carboxylic acids is 2. The Morgan fingerprint density at radius 3 is 2.53 bits per heavy atom. The predicted molar refractivity (Wildman–Crippen MR) is 131 cm³/mol. The SMILES string of the molecule is CCn1c(SCC(=O)Nc2cccc(C)c2C)nnc1C(CO)NC(=O)c1ccc(OC)cc1. The van der Waals surface area contributed by atoms with Gasteiger partial charge < -0.3 is 25.0 Å². The maximum absolute atomic E-state index is 12.7. The van der Waals surface area contributed by atoms with Crippen molar-refractivity contribution >= 4 is 29.3 Å². The van der Waals surface area contributed by atoms with E-state index in [0.717, 1.165) is 16.8 Å². The summed E-state index contributed by atoms with van der Waals surface area (Å²) in [5.74, 6) is 0.702. The molecule has 0 aliphatic rings. The van der Waals surface area contributed by atoms with Gasteiger partial charge in [0, 0.05) is 17.8 Å². The summed E-state index contributed by atoms with van der Waals surface area (Å²) in [7, 11) is 1.55. The van der Waals surface area contributed by atoms with Gasteiger partial charge in [-0.1, -0.05) is 23.9 Å². The summed E-state index contributed by atoms with van der Waals surface area (Å²) >= 11 is 1.25. The van der Waals surface area contributed by atoms with Crippen LogP contribution in [0.2, 0.25) is 0 Å². The average Bonchev–Trinajstić information content (AvgIpc) is 3.26. The van der Waals surface area contributed by atoms with Gasteiger partial charge in [0.1, 0.15) is 11.8 Å². The number of rotatable bonds is 10. The number of aliphatic hydroxyl groups excluding tert-OH is 1. The molecule has 180 valence electrons. The van der Waals surface area contributed by atoms with Gasteiger partial charge in [-0.25, -0.2) is 0 Å². The topological polar surface area (TPSA) is 118 Å². The van der Waals surface area contributed by atoms with E-state index in [0.29, 0.717) is 28.8 Å². The molecule has 3 rings (SSSR count). The fourth-order valence-corrected chi connectivity index (χ4v) is 4.15. The lowest BCUT2D eigenvalue weighted by molar-refractivity contribution is -0.113. The summed E-state index contributed by atoms with van der Waals surface area (Å²) in [5, 5.41) is 24.6. The van der Waals surface area contributed by atoms with Crippen LogP contribution in [-0.4, -0.2) is 51.2 Å². The highest BCUT2D eigenvalue weighted by Crippen LogP contribution is 2.23. The number of aromatic nitrogens is 3.